The van der Waals surface area contributed by atoms with Crippen LogP contribution in [-0.4, -0.2) is 0 Å². The van der Waals surface area contributed by atoms with Gasteiger partial charge in [-0.15, -0.1) is 19.1 Å². The molecule has 0 aliphatic heterocycles. The van der Waals surface area contributed by atoms with E-state index in [0.717, 1.165) is 0 Å². The quantitative estimate of drug-likeness (QED) is 0.526. The number of hydrogen-bond acceptors (Lipinski definition) is 0. The van der Waals surface area contributed by atoms with Gasteiger partial charge in [-0.3, -0.25) is 6.08 Å². The molecule has 2 unspecified atom stereocenters. The van der Waals surface area contributed by atoms with E-state index in [1.807, 2.05) is 31.2 Å². The summed E-state index contributed by atoms with van der Waals surface area (Å²) >= 11 is 0. The van der Waals surface area contributed by atoms with Crippen LogP contribution in [0.15, 0.2) is 30.3 Å². The van der Waals surface area contributed by atoms with Crippen LogP contribution in [0.25, 0.3) is 6.08 Å². The molecule has 1 aromatic carbocycles. The summed E-state index contributed by atoms with van der Waals surface area (Å²) in [7, 11) is 0. The van der Waals surface area contributed by atoms with Crippen molar-refractivity contribution in [1.29, 1.82) is 0 Å². The second kappa shape index (κ2) is 11.3. The van der Waals surface area contributed by atoms with Gasteiger partial charge in [-0.25, -0.2) is 6.08 Å². The van der Waals surface area contributed by atoms with E-state index in [1.165, 1.54) is 5.56 Å². The summed E-state index contributed by atoms with van der Waals surface area (Å²) in [5.74, 6) is 0. The van der Waals surface area contributed by atoms with Gasteiger partial charge in [0.15, 0.2) is 0 Å². The standard InChI is InChI=1S/C9H9.Co.2H3P/c1-2-6-9-7-4-3-5-8-9;;;/h3-8H,1H3;;2*1H3/q-1;;;. The Balaban J connectivity index is -0.000000270. The minimum absolute atomic E-state index is 0. The van der Waals surface area contributed by atoms with E-state index in [9.17, 15) is 0 Å². The van der Waals surface area contributed by atoms with Crippen molar-refractivity contribution in [3.05, 3.63) is 42.0 Å². The summed E-state index contributed by atoms with van der Waals surface area (Å²) in [5.41, 5.74) is 1.21. The molecule has 0 aliphatic carbocycles. The van der Waals surface area contributed by atoms with Crippen LogP contribution in [-0.2, 0) is 16.8 Å². The van der Waals surface area contributed by atoms with Crippen molar-refractivity contribution in [3.63, 3.8) is 0 Å². The van der Waals surface area contributed by atoms with Gasteiger partial charge in [-0.1, -0.05) is 18.2 Å². The van der Waals surface area contributed by atoms with Crippen LogP contribution >= 0.6 is 19.8 Å². The van der Waals surface area contributed by atoms with Crippen LogP contribution < -0.4 is 0 Å². The van der Waals surface area contributed by atoms with Gasteiger partial charge in [0.2, 0.25) is 0 Å². The van der Waals surface area contributed by atoms with Gasteiger partial charge < -0.3 is 0 Å². The minimum atomic E-state index is 0. The van der Waals surface area contributed by atoms with Crippen LogP contribution in [0.4, 0.5) is 0 Å². The monoisotopic (exact) mass is 244 g/mol. The fourth-order valence-electron chi connectivity index (χ4n) is 0.716. The maximum Gasteiger partial charge on any atom is 0 e. The van der Waals surface area contributed by atoms with E-state index >= 15 is 0 Å². The van der Waals surface area contributed by atoms with Crippen LogP contribution in [0.2, 0.25) is 0 Å². The van der Waals surface area contributed by atoms with Crippen LogP contribution in [0.1, 0.15) is 12.5 Å². The van der Waals surface area contributed by atoms with Gasteiger partial charge in [0, 0.05) is 16.8 Å². The van der Waals surface area contributed by atoms with Gasteiger partial charge in [0.1, 0.15) is 0 Å². The number of allylic oxidation sites excluding steroid dienone is 1. The van der Waals surface area contributed by atoms with E-state index in [2.05, 4.69) is 18.2 Å². The molecule has 0 heterocycles. The molecule has 0 amide bonds. The van der Waals surface area contributed by atoms with Crippen LogP contribution in [0.3, 0.4) is 0 Å². The average molecular weight is 244 g/mol. The van der Waals surface area contributed by atoms with Crippen molar-refractivity contribution in [2.45, 2.75) is 6.92 Å². The molecular formula is C9H15CoP2-. The first-order valence-corrected chi connectivity index (χ1v) is 2.99. The molecule has 0 bridgehead atoms. The minimum Gasteiger partial charge on any atom is -0.278 e. The van der Waals surface area contributed by atoms with E-state index < -0.39 is 0 Å². The Bertz CT molecular complexity index is 197. The van der Waals surface area contributed by atoms with Gasteiger partial charge in [0.05, 0.1) is 0 Å². The zero-order chi connectivity index (χ0) is 6.53. The second-order valence-electron chi connectivity index (χ2n) is 1.84. The maximum atomic E-state index is 2.96. The summed E-state index contributed by atoms with van der Waals surface area (Å²) < 4.78 is 0. The predicted octanol–water partition coefficient (Wildman–Crippen LogP) is 2.64. The third-order valence-corrected chi connectivity index (χ3v) is 1.11. The van der Waals surface area contributed by atoms with Crippen LogP contribution in [0, 0.1) is 6.08 Å². The molecule has 12 heavy (non-hydrogen) atoms. The van der Waals surface area contributed by atoms with Gasteiger partial charge in [0.25, 0.3) is 0 Å². The van der Waals surface area contributed by atoms with E-state index in [0.29, 0.717) is 0 Å². The van der Waals surface area contributed by atoms with E-state index in [4.69, 9.17) is 0 Å². The summed E-state index contributed by atoms with van der Waals surface area (Å²) in [6.07, 6.45) is 4.92. The molecule has 0 N–H and O–H groups in total. The number of benzene rings is 1. The fraction of sp³-hybridized carbons (Fsp3) is 0.111. The number of rotatable bonds is 1. The Morgan fingerprint density at radius 1 is 1.08 bits per heavy atom. The van der Waals surface area contributed by atoms with Crippen molar-refractivity contribution < 1.29 is 16.8 Å². The molecule has 0 spiro atoms. The fourth-order valence-corrected chi connectivity index (χ4v) is 0.716. The molecular weight excluding hydrogens is 229 g/mol. The average Bonchev–Trinajstić information content (AvgIpc) is 1.91. The molecule has 71 valence electrons. The Hall–Kier alpha value is 0.326. The number of hydrogen-bond donors (Lipinski definition) is 0. The molecule has 2 atom stereocenters. The van der Waals surface area contributed by atoms with E-state index in [-0.39, 0.29) is 36.6 Å². The van der Waals surface area contributed by atoms with Crippen LogP contribution in [0.5, 0.6) is 0 Å². The molecule has 0 nitrogen and oxygen atoms in total. The zero-order valence-corrected chi connectivity index (χ0v) is 11.1. The third-order valence-electron chi connectivity index (χ3n) is 1.11. The zero-order valence-electron chi connectivity index (χ0n) is 7.21. The smallest absolute Gasteiger partial charge is 0 e. The molecule has 0 aliphatic rings. The predicted molar refractivity (Wildman–Crippen MR) is 62.0 cm³/mol. The Labute approximate surface area is 91.7 Å². The molecule has 3 heteroatoms. The van der Waals surface area contributed by atoms with Crippen molar-refractivity contribution in [2.24, 2.45) is 0 Å². The molecule has 0 aromatic heterocycles. The summed E-state index contributed by atoms with van der Waals surface area (Å²) in [6, 6.07) is 10.1. The maximum absolute atomic E-state index is 2.96. The largest absolute Gasteiger partial charge is 0.278 e. The summed E-state index contributed by atoms with van der Waals surface area (Å²) in [5, 5.41) is 0. The van der Waals surface area contributed by atoms with Gasteiger partial charge in [-0.2, -0.15) is 25.4 Å². The molecule has 0 saturated heterocycles. The van der Waals surface area contributed by atoms with Crippen molar-refractivity contribution in [1.82, 2.24) is 0 Å². The van der Waals surface area contributed by atoms with Crippen molar-refractivity contribution in [3.8, 4) is 0 Å². The molecule has 1 aromatic rings. The molecule has 1 rings (SSSR count). The molecule has 1 radical (unpaired) electrons. The molecule has 0 fully saturated rings. The topological polar surface area (TPSA) is 0 Å². The Morgan fingerprint density at radius 2 is 1.58 bits per heavy atom. The van der Waals surface area contributed by atoms with Crippen molar-refractivity contribution in [2.75, 3.05) is 0 Å². The first-order chi connectivity index (χ1) is 4.43. The third kappa shape index (κ3) is 7.00. The Morgan fingerprint density at radius 3 is 2.00 bits per heavy atom. The van der Waals surface area contributed by atoms with E-state index in [1.54, 1.807) is 0 Å². The van der Waals surface area contributed by atoms with Gasteiger partial charge >= 0.3 is 0 Å². The SMILES string of the molecule is C[C-]=Cc1ccccc1.P.P.[Co]. The second-order valence-corrected chi connectivity index (χ2v) is 1.84. The summed E-state index contributed by atoms with van der Waals surface area (Å²) in [6.45, 7) is 1.90. The first-order valence-electron chi connectivity index (χ1n) is 2.99. The summed E-state index contributed by atoms with van der Waals surface area (Å²) in [4.78, 5) is 0. The Kier molecular flexibility index (Phi) is 17.2. The normalized spacial score (nSPS) is 7.75. The van der Waals surface area contributed by atoms with Crippen molar-refractivity contribution >= 4 is 25.9 Å². The van der Waals surface area contributed by atoms with Gasteiger partial charge in [-0.05, 0) is 0 Å². The molecule has 0 saturated carbocycles. The first kappa shape index (κ1) is 18.2.